The van der Waals surface area contributed by atoms with Gasteiger partial charge < -0.3 is 15.2 Å². The highest BCUT2D eigenvalue weighted by Crippen LogP contribution is 2.19. The maximum atomic E-state index is 12.1. The molecule has 0 saturated carbocycles. The van der Waals surface area contributed by atoms with Gasteiger partial charge in [-0.15, -0.1) is 0 Å². The van der Waals surface area contributed by atoms with Crippen molar-refractivity contribution in [1.82, 2.24) is 9.97 Å². The van der Waals surface area contributed by atoms with Gasteiger partial charge in [-0.25, -0.2) is 4.98 Å². The van der Waals surface area contributed by atoms with Crippen LogP contribution in [0.15, 0.2) is 36.7 Å². The van der Waals surface area contributed by atoms with Gasteiger partial charge in [0.2, 0.25) is 0 Å². The standard InChI is InChI=1S/C15H16N4OS/c20-14(12-4-3-7-16-15(12)21)18-11-5-6-13(17-10-11)19-8-1-2-9-19/h3-7,10H,1-2,8-9H2,(H,16,21)(H,18,20). The summed E-state index contributed by atoms with van der Waals surface area (Å²) in [5, 5.41) is 2.81. The van der Waals surface area contributed by atoms with Crippen molar-refractivity contribution in [3.05, 3.63) is 46.9 Å². The number of carbonyl (C=O) groups is 1. The van der Waals surface area contributed by atoms with E-state index in [1.165, 1.54) is 12.8 Å². The van der Waals surface area contributed by atoms with E-state index in [1.54, 1.807) is 24.5 Å². The van der Waals surface area contributed by atoms with E-state index in [0.717, 1.165) is 18.9 Å². The van der Waals surface area contributed by atoms with E-state index in [4.69, 9.17) is 12.2 Å². The van der Waals surface area contributed by atoms with Crippen molar-refractivity contribution in [2.75, 3.05) is 23.3 Å². The largest absolute Gasteiger partial charge is 0.357 e. The molecule has 2 aromatic rings. The quantitative estimate of drug-likeness (QED) is 0.856. The first-order valence-electron chi connectivity index (χ1n) is 6.94. The lowest BCUT2D eigenvalue weighted by molar-refractivity contribution is 0.102. The molecule has 21 heavy (non-hydrogen) atoms. The first-order chi connectivity index (χ1) is 10.2. The maximum Gasteiger partial charge on any atom is 0.258 e. The highest BCUT2D eigenvalue weighted by atomic mass is 32.1. The van der Waals surface area contributed by atoms with Crippen LogP contribution in [0.3, 0.4) is 0 Å². The van der Waals surface area contributed by atoms with Crippen LogP contribution in [-0.2, 0) is 0 Å². The van der Waals surface area contributed by atoms with Crippen molar-refractivity contribution in [2.24, 2.45) is 0 Å². The zero-order valence-electron chi connectivity index (χ0n) is 11.5. The Labute approximate surface area is 128 Å². The number of pyridine rings is 2. The molecule has 1 amide bonds. The number of H-pyrrole nitrogens is 1. The molecule has 0 unspecified atom stereocenters. The number of hydrogen-bond donors (Lipinski definition) is 2. The maximum absolute atomic E-state index is 12.1. The van der Waals surface area contributed by atoms with E-state index in [0.29, 0.717) is 15.9 Å². The molecule has 2 N–H and O–H groups in total. The minimum absolute atomic E-state index is 0.229. The zero-order chi connectivity index (χ0) is 14.7. The van der Waals surface area contributed by atoms with Crippen LogP contribution in [0.4, 0.5) is 11.5 Å². The molecule has 0 aliphatic carbocycles. The topological polar surface area (TPSA) is 61.0 Å². The second kappa shape index (κ2) is 6.05. The lowest BCUT2D eigenvalue weighted by Gasteiger charge is -2.16. The third-order valence-electron chi connectivity index (χ3n) is 3.50. The normalized spacial score (nSPS) is 14.2. The zero-order valence-corrected chi connectivity index (χ0v) is 12.3. The summed E-state index contributed by atoms with van der Waals surface area (Å²) in [6, 6.07) is 7.25. The fourth-order valence-electron chi connectivity index (χ4n) is 2.39. The van der Waals surface area contributed by atoms with E-state index in [2.05, 4.69) is 20.2 Å². The average Bonchev–Trinajstić information content (AvgIpc) is 3.02. The molecule has 1 saturated heterocycles. The molecule has 1 aliphatic rings. The average molecular weight is 300 g/mol. The summed E-state index contributed by atoms with van der Waals surface area (Å²) in [4.78, 5) is 21.6. The van der Waals surface area contributed by atoms with Crippen molar-refractivity contribution >= 4 is 29.6 Å². The molecule has 6 heteroatoms. The van der Waals surface area contributed by atoms with Gasteiger partial charge in [0.15, 0.2) is 0 Å². The van der Waals surface area contributed by atoms with E-state index in [1.807, 2.05) is 12.1 Å². The van der Waals surface area contributed by atoms with Gasteiger partial charge in [0, 0.05) is 19.3 Å². The fourth-order valence-corrected chi connectivity index (χ4v) is 2.62. The van der Waals surface area contributed by atoms with Crippen LogP contribution < -0.4 is 10.2 Å². The number of hydrogen-bond acceptors (Lipinski definition) is 4. The predicted molar refractivity (Wildman–Crippen MR) is 85.3 cm³/mol. The predicted octanol–water partition coefficient (Wildman–Crippen LogP) is 2.99. The van der Waals surface area contributed by atoms with Gasteiger partial charge in [0.1, 0.15) is 10.5 Å². The van der Waals surface area contributed by atoms with Gasteiger partial charge in [-0.05, 0) is 37.1 Å². The summed E-state index contributed by atoms with van der Waals surface area (Å²) >= 11 is 5.10. The van der Waals surface area contributed by atoms with Crippen molar-refractivity contribution in [2.45, 2.75) is 12.8 Å². The molecule has 3 heterocycles. The molecular formula is C15H16N4OS. The molecule has 0 atom stereocenters. The van der Waals surface area contributed by atoms with Gasteiger partial charge >= 0.3 is 0 Å². The lowest BCUT2D eigenvalue weighted by Crippen LogP contribution is -2.19. The Morgan fingerprint density at radius 2 is 2.10 bits per heavy atom. The number of rotatable bonds is 3. The van der Waals surface area contributed by atoms with Gasteiger partial charge in [0.25, 0.3) is 5.91 Å². The molecule has 1 aliphatic heterocycles. The van der Waals surface area contributed by atoms with Crippen LogP contribution in [0.1, 0.15) is 23.2 Å². The van der Waals surface area contributed by atoms with Crippen LogP contribution >= 0.6 is 12.2 Å². The molecule has 0 aromatic carbocycles. The van der Waals surface area contributed by atoms with E-state index >= 15 is 0 Å². The number of amides is 1. The summed E-state index contributed by atoms with van der Waals surface area (Å²) < 4.78 is 0.427. The van der Waals surface area contributed by atoms with Crippen molar-refractivity contribution in [3.63, 3.8) is 0 Å². The highest BCUT2D eigenvalue weighted by Gasteiger charge is 2.13. The Kier molecular flexibility index (Phi) is 3.96. The van der Waals surface area contributed by atoms with E-state index in [-0.39, 0.29) is 5.91 Å². The number of nitrogens with zero attached hydrogens (tertiary/aromatic N) is 2. The van der Waals surface area contributed by atoms with Crippen LogP contribution in [0.5, 0.6) is 0 Å². The SMILES string of the molecule is O=C(Nc1ccc(N2CCCC2)nc1)c1ccc[nH]c1=S. The van der Waals surface area contributed by atoms with E-state index < -0.39 is 0 Å². The highest BCUT2D eigenvalue weighted by molar-refractivity contribution is 7.71. The number of aromatic amines is 1. The van der Waals surface area contributed by atoms with Crippen LogP contribution in [0, 0.1) is 4.64 Å². The first kappa shape index (κ1) is 13.8. The second-order valence-electron chi connectivity index (χ2n) is 4.97. The first-order valence-corrected chi connectivity index (χ1v) is 7.35. The smallest absolute Gasteiger partial charge is 0.258 e. The van der Waals surface area contributed by atoms with Gasteiger partial charge in [-0.3, -0.25) is 4.79 Å². The Morgan fingerprint density at radius 3 is 2.76 bits per heavy atom. The number of nitrogens with one attached hydrogen (secondary N) is 2. The minimum atomic E-state index is -0.229. The molecule has 3 rings (SSSR count). The number of carbonyl (C=O) groups excluding carboxylic acids is 1. The molecular weight excluding hydrogens is 284 g/mol. The molecule has 5 nitrogen and oxygen atoms in total. The third-order valence-corrected chi connectivity index (χ3v) is 3.84. The van der Waals surface area contributed by atoms with Crippen molar-refractivity contribution < 1.29 is 4.79 Å². The van der Waals surface area contributed by atoms with Gasteiger partial charge in [0.05, 0.1) is 17.4 Å². The molecule has 1 fully saturated rings. The monoisotopic (exact) mass is 300 g/mol. The summed E-state index contributed by atoms with van der Waals surface area (Å²) in [6.45, 7) is 2.11. The number of aromatic nitrogens is 2. The van der Waals surface area contributed by atoms with E-state index in [9.17, 15) is 4.79 Å². The van der Waals surface area contributed by atoms with Gasteiger partial charge in [-0.2, -0.15) is 0 Å². The fraction of sp³-hybridized carbons (Fsp3) is 0.267. The second-order valence-corrected chi connectivity index (χ2v) is 5.37. The van der Waals surface area contributed by atoms with Crippen molar-refractivity contribution in [1.29, 1.82) is 0 Å². The minimum Gasteiger partial charge on any atom is -0.357 e. The van der Waals surface area contributed by atoms with Crippen molar-refractivity contribution in [3.8, 4) is 0 Å². The molecule has 2 aromatic heterocycles. The summed E-state index contributed by atoms with van der Waals surface area (Å²) in [5.74, 6) is 0.732. The Morgan fingerprint density at radius 1 is 1.29 bits per heavy atom. The van der Waals surface area contributed by atoms with Gasteiger partial charge in [-0.1, -0.05) is 12.2 Å². The Bertz CT molecular complexity index is 689. The molecule has 0 spiro atoms. The Balaban J connectivity index is 1.72. The van der Waals surface area contributed by atoms with Crippen LogP contribution in [0.2, 0.25) is 0 Å². The summed E-state index contributed by atoms with van der Waals surface area (Å²) in [5.41, 5.74) is 1.12. The van der Waals surface area contributed by atoms with Crippen LogP contribution in [0.25, 0.3) is 0 Å². The summed E-state index contributed by atoms with van der Waals surface area (Å²) in [6.07, 6.45) is 5.81. The lowest BCUT2D eigenvalue weighted by atomic mass is 10.2. The molecule has 0 bridgehead atoms. The summed E-state index contributed by atoms with van der Waals surface area (Å²) in [7, 11) is 0. The Hall–Kier alpha value is -2.21. The van der Waals surface area contributed by atoms with Crippen LogP contribution in [-0.4, -0.2) is 29.0 Å². The third kappa shape index (κ3) is 3.11. The number of anilines is 2. The molecule has 108 valence electrons. The molecule has 0 radical (unpaired) electrons.